The number of aromatic nitrogens is 3. The topological polar surface area (TPSA) is 90.0 Å². The molecule has 6 rings (SSSR count). The molecule has 4 aromatic rings. The number of halogens is 1. The maximum atomic E-state index is 11.2. The van der Waals surface area contributed by atoms with Crippen molar-refractivity contribution in [2.45, 2.75) is 37.7 Å². The Kier molecular flexibility index (Phi) is 6.30. The fraction of sp³-hybridized carbons (Fsp3) is 0.296. The zero-order valence-corrected chi connectivity index (χ0v) is 21.3. The lowest BCUT2D eigenvalue weighted by molar-refractivity contribution is -0.0719. The predicted molar refractivity (Wildman–Crippen MR) is 141 cm³/mol. The van der Waals surface area contributed by atoms with Gasteiger partial charge in [-0.05, 0) is 43.2 Å². The van der Waals surface area contributed by atoms with Gasteiger partial charge >= 0.3 is 0 Å². The molecule has 3 aromatic heterocycles. The molecule has 5 heterocycles. The van der Waals surface area contributed by atoms with Crippen molar-refractivity contribution in [3.05, 3.63) is 82.7 Å². The average Bonchev–Trinajstić information content (AvgIpc) is 3.38. The number of ether oxygens (including phenoxy) is 1. The summed E-state index contributed by atoms with van der Waals surface area (Å²) in [6.07, 6.45) is 4.23. The number of aliphatic hydroxyl groups excluding tert-OH is 1. The number of pyridine rings is 2. The van der Waals surface area contributed by atoms with Crippen LogP contribution in [0.25, 0.3) is 16.9 Å². The normalized spacial score (nSPS) is 21.1. The van der Waals surface area contributed by atoms with Gasteiger partial charge in [-0.3, -0.25) is 15.2 Å². The lowest BCUT2D eigenvalue weighted by Gasteiger charge is -2.43. The number of likely N-dealkylation sites (tertiary alicyclic amines) is 1. The highest BCUT2D eigenvalue weighted by Gasteiger charge is 2.44. The largest absolute Gasteiger partial charge is 0.428 e. The third kappa shape index (κ3) is 4.32. The zero-order chi connectivity index (χ0) is 24.6. The fourth-order valence-electron chi connectivity index (χ4n) is 5.65. The highest BCUT2D eigenvalue weighted by atomic mass is 79.9. The number of imidazole rings is 1. The number of rotatable bonds is 7. The van der Waals surface area contributed by atoms with E-state index in [0.717, 1.165) is 60.3 Å². The summed E-state index contributed by atoms with van der Waals surface area (Å²) in [6, 6.07) is 20.2. The minimum absolute atomic E-state index is 0.239. The molecule has 2 N–H and O–H groups in total. The number of aliphatic hydroxyl groups is 1. The van der Waals surface area contributed by atoms with E-state index in [4.69, 9.17) is 15.1 Å². The van der Waals surface area contributed by atoms with E-state index in [0.29, 0.717) is 11.6 Å². The Morgan fingerprint density at radius 3 is 2.56 bits per heavy atom. The van der Waals surface area contributed by atoms with Crippen LogP contribution in [0, 0.1) is 5.41 Å². The highest BCUT2D eigenvalue weighted by Crippen LogP contribution is 2.37. The van der Waals surface area contributed by atoms with Gasteiger partial charge in [0.1, 0.15) is 5.65 Å². The number of piperazine rings is 1. The van der Waals surface area contributed by atoms with Gasteiger partial charge in [0.15, 0.2) is 12.6 Å². The molecule has 2 aliphatic heterocycles. The number of hydrogen-bond acceptors (Lipinski definition) is 7. The zero-order valence-electron chi connectivity index (χ0n) is 19.7. The van der Waals surface area contributed by atoms with Crippen molar-refractivity contribution in [3.63, 3.8) is 0 Å². The molecule has 0 spiro atoms. The van der Waals surface area contributed by atoms with Crippen molar-refractivity contribution < 1.29 is 9.84 Å². The highest BCUT2D eigenvalue weighted by molar-refractivity contribution is 9.10. The number of benzene rings is 1. The summed E-state index contributed by atoms with van der Waals surface area (Å²) in [7, 11) is 0. The molecule has 3 atom stereocenters. The van der Waals surface area contributed by atoms with Gasteiger partial charge in [-0.15, -0.1) is 0 Å². The monoisotopic (exact) mass is 546 g/mol. The third-order valence-electron chi connectivity index (χ3n) is 7.21. The maximum Gasteiger partial charge on any atom is 0.220 e. The summed E-state index contributed by atoms with van der Waals surface area (Å²) in [5, 5.41) is 18.4. The van der Waals surface area contributed by atoms with Gasteiger partial charge in [-0.2, -0.15) is 0 Å². The van der Waals surface area contributed by atoms with Gasteiger partial charge in [0.25, 0.3) is 0 Å². The first kappa shape index (κ1) is 23.3. The minimum atomic E-state index is -0.798. The summed E-state index contributed by atoms with van der Waals surface area (Å²) in [6.45, 7) is 2.52. The molecule has 0 aliphatic carbocycles. The van der Waals surface area contributed by atoms with Crippen molar-refractivity contribution in [2.24, 2.45) is 0 Å². The second-order valence-corrected chi connectivity index (χ2v) is 10.3. The summed E-state index contributed by atoms with van der Waals surface area (Å²) in [4.78, 5) is 14.1. The SMILES string of the molecule is N=COc1cccc(C(O)N2C3CCC2CN(Cc2c(-c4ccc(Br)cc4)nc4ccccn24)C3)n1. The molecule has 36 heavy (non-hydrogen) atoms. The van der Waals surface area contributed by atoms with E-state index < -0.39 is 6.23 Å². The summed E-state index contributed by atoms with van der Waals surface area (Å²) in [5.41, 5.74) is 4.79. The Morgan fingerprint density at radius 1 is 1.03 bits per heavy atom. The Balaban J connectivity index is 1.25. The Bertz CT molecular complexity index is 1380. The lowest BCUT2D eigenvalue weighted by Crippen LogP contribution is -2.54. The van der Waals surface area contributed by atoms with E-state index in [1.165, 1.54) is 5.69 Å². The van der Waals surface area contributed by atoms with Gasteiger partial charge in [-0.1, -0.05) is 40.2 Å². The van der Waals surface area contributed by atoms with Crippen molar-refractivity contribution in [1.29, 1.82) is 5.41 Å². The average molecular weight is 547 g/mol. The van der Waals surface area contributed by atoms with Crippen LogP contribution in [0.15, 0.2) is 71.3 Å². The van der Waals surface area contributed by atoms with E-state index in [9.17, 15) is 5.11 Å². The third-order valence-corrected chi connectivity index (χ3v) is 7.73. The number of nitrogens with zero attached hydrogens (tertiary/aromatic N) is 5. The van der Waals surface area contributed by atoms with Crippen LogP contribution in [0.2, 0.25) is 0 Å². The van der Waals surface area contributed by atoms with Gasteiger partial charge < -0.3 is 14.2 Å². The lowest BCUT2D eigenvalue weighted by atomic mass is 10.1. The standard InChI is InChI=1S/C27H27BrN6O2/c28-19-9-7-18(8-10-19)26-23(33-13-2-1-5-24(33)31-26)16-32-14-20-11-12-21(15-32)34(20)27(35)22-4-3-6-25(30-22)36-17-29/h1-10,13,17,20-21,27,29,35H,11-12,14-16H2. The second-order valence-electron chi connectivity index (χ2n) is 9.38. The fourth-order valence-corrected chi connectivity index (χ4v) is 5.92. The van der Waals surface area contributed by atoms with E-state index in [2.05, 4.69) is 65.6 Å². The van der Waals surface area contributed by atoms with Crippen LogP contribution in [0.4, 0.5) is 0 Å². The molecular weight excluding hydrogens is 520 g/mol. The molecule has 3 unspecified atom stereocenters. The maximum absolute atomic E-state index is 11.2. The quantitative estimate of drug-likeness (QED) is 0.262. The summed E-state index contributed by atoms with van der Waals surface area (Å²) in [5.74, 6) is 0.320. The Hall–Kier alpha value is -3.11. The molecule has 0 radical (unpaired) electrons. The molecule has 2 aliphatic rings. The van der Waals surface area contributed by atoms with Crippen molar-refractivity contribution >= 4 is 28.0 Å². The van der Waals surface area contributed by atoms with Gasteiger partial charge in [0, 0.05) is 54.0 Å². The number of nitrogens with one attached hydrogen (secondary N) is 1. The molecular formula is C27H27BrN6O2. The molecule has 2 fully saturated rings. The van der Waals surface area contributed by atoms with Gasteiger partial charge in [-0.25, -0.2) is 9.97 Å². The second kappa shape index (κ2) is 9.74. The van der Waals surface area contributed by atoms with Crippen molar-refractivity contribution in [1.82, 2.24) is 24.2 Å². The van der Waals surface area contributed by atoms with Crippen molar-refractivity contribution in [2.75, 3.05) is 13.1 Å². The smallest absolute Gasteiger partial charge is 0.220 e. The Labute approximate surface area is 217 Å². The summed E-state index contributed by atoms with van der Waals surface area (Å²) < 4.78 is 8.34. The molecule has 184 valence electrons. The molecule has 0 saturated carbocycles. The van der Waals surface area contributed by atoms with Crippen molar-refractivity contribution in [3.8, 4) is 17.1 Å². The van der Waals surface area contributed by atoms with Crippen LogP contribution in [-0.4, -0.2) is 60.8 Å². The molecule has 2 saturated heterocycles. The predicted octanol–water partition coefficient (Wildman–Crippen LogP) is 4.48. The molecule has 0 amide bonds. The van der Waals surface area contributed by atoms with Gasteiger partial charge in [0.05, 0.1) is 17.1 Å². The first-order valence-corrected chi connectivity index (χ1v) is 12.9. The van der Waals surface area contributed by atoms with E-state index >= 15 is 0 Å². The van der Waals surface area contributed by atoms with Crippen LogP contribution in [-0.2, 0) is 6.54 Å². The van der Waals surface area contributed by atoms with E-state index in [1.54, 1.807) is 12.1 Å². The van der Waals surface area contributed by atoms with Crippen LogP contribution >= 0.6 is 15.9 Å². The summed E-state index contributed by atoms with van der Waals surface area (Å²) >= 11 is 3.54. The minimum Gasteiger partial charge on any atom is -0.428 e. The molecule has 8 nitrogen and oxygen atoms in total. The van der Waals surface area contributed by atoms with Crippen LogP contribution < -0.4 is 4.74 Å². The molecule has 9 heteroatoms. The van der Waals surface area contributed by atoms with E-state index in [-0.39, 0.29) is 12.1 Å². The number of fused-ring (bicyclic) bond motifs is 3. The van der Waals surface area contributed by atoms with E-state index in [1.807, 2.05) is 24.3 Å². The van der Waals surface area contributed by atoms with Crippen LogP contribution in [0.1, 0.15) is 30.5 Å². The molecule has 1 aromatic carbocycles. The first-order valence-electron chi connectivity index (χ1n) is 12.1. The van der Waals surface area contributed by atoms with Crippen LogP contribution in [0.3, 0.4) is 0 Å². The van der Waals surface area contributed by atoms with Crippen LogP contribution in [0.5, 0.6) is 5.88 Å². The van der Waals surface area contributed by atoms with Gasteiger partial charge in [0.2, 0.25) is 5.88 Å². The number of hydrogen-bond donors (Lipinski definition) is 2. The first-order chi connectivity index (χ1) is 17.6. The Morgan fingerprint density at radius 2 is 1.81 bits per heavy atom. The molecule has 2 bridgehead atoms.